The normalized spacial score (nSPS) is 13.9. The lowest BCUT2D eigenvalue weighted by Crippen LogP contribution is -2.05. The van der Waals surface area contributed by atoms with Gasteiger partial charge in [0.05, 0.1) is 21.1 Å². The zero-order valence-electron chi connectivity index (χ0n) is 9.33. The number of hydrogen-bond acceptors (Lipinski definition) is 2. The van der Waals surface area contributed by atoms with Gasteiger partial charge in [-0.3, -0.25) is 4.98 Å². The van der Waals surface area contributed by atoms with Crippen LogP contribution in [0.15, 0.2) is 12.1 Å². The van der Waals surface area contributed by atoms with Crippen molar-refractivity contribution in [3.8, 4) is 0 Å². The molecule has 0 aliphatic heterocycles. The molecule has 0 spiro atoms. The lowest BCUT2D eigenvalue weighted by Gasteiger charge is -2.10. The highest BCUT2D eigenvalue weighted by Gasteiger charge is 2.24. The number of carbonyl (C=O) groups is 1. The minimum absolute atomic E-state index is 0.325. The van der Waals surface area contributed by atoms with Crippen molar-refractivity contribution in [1.29, 1.82) is 0 Å². The molecular formula is C13H9Cl2NO2. The first kappa shape index (κ1) is 11.8. The second kappa shape index (κ2) is 4.11. The molecule has 3 nitrogen and oxygen atoms in total. The quantitative estimate of drug-likeness (QED) is 0.867. The Morgan fingerprint density at radius 3 is 2.78 bits per heavy atom. The van der Waals surface area contributed by atoms with Gasteiger partial charge < -0.3 is 5.11 Å². The maximum Gasteiger partial charge on any atom is 0.336 e. The minimum atomic E-state index is -0.932. The van der Waals surface area contributed by atoms with E-state index in [0.29, 0.717) is 26.5 Å². The summed E-state index contributed by atoms with van der Waals surface area (Å²) in [7, 11) is 0. The van der Waals surface area contributed by atoms with E-state index < -0.39 is 5.97 Å². The fourth-order valence-electron chi connectivity index (χ4n) is 2.51. The zero-order valence-corrected chi connectivity index (χ0v) is 10.8. The van der Waals surface area contributed by atoms with Crippen LogP contribution in [0.25, 0.3) is 10.9 Å². The van der Waals surface area contributed by atoms with E-state index in [1.165, 1.54) is 0 Å². The molecule has 5 heteroatoms. The molecule has 1 aromatic heterocycles. The van der Waals surface area contributed by atoms with Crippen LogP contribution in [0, 0.1) is 0 Å². The molecule has 1 N–H and O–H groups in total. The molecule has 1 aliphatic rings. The Morgan fingerprint density at radius 1 is 1.28 bits per heavy atom. The van der Waals surface area contributed by atoms with Gasteiger partial charge in [-0.2, -0.15) is 0 Å². The maximum absolute atomic E-state index is 11.5. The highest BCUT2D eigenvalue weighted by Crippen LogP contribution is 2.35. The number of rotatable bonds is 1. The van der Waals surface area contributed by atoms with Crippen LogP contribution in [0.5, 0.6) is 0 Å². The Bertz CT molecular complexity index is 682. The summed E-state index contributed by atoms with van der Waals surface area (Å²) in [5, 5.41) is 10.7. The standard InChI is InChI=1S/C13H9Cl2NO2/c14-8-5-4-7-10(13(17)18)6-2-1-3-9(6)16-12(7)11(8)15/h4-5H,1-3H2,(H,17,18). The van der Waals surface area contributed by atoms with Gasteiger partial charge in [-0.1, -0.05) is 29.3 Å². The van der Waals surface area contributed by atoms with Gasteiger partial charge in [0.1, 0.15) is 0 Å². The maximum atomic E-state index is 11.5. The first-order valence-electron chi connectivity index (χ1n) is 5.62. The Kier molecular flexibility index (Phi) is 2.68. The highest BCUT2D eigenvalue weighted by atomic mass is 35.5. The van der Waals surface area contributed by atoms with Crippen molar-refractivity contribution >= 4 is 40.1 Å². The lowest BCUT2D eigenvalue weighted by molar-refractivity contribution is 0.0698. The van der Waals surface area contributed by atoms with Gasteiger partial charge in [0.25, 0.3) is 0 Å². The van der Waals surface area contributed by atoms with Crippen LogP contribution in [0.3, 0.4) is 0 Å². The van der Waals surface area contributed by atoms with E-state index in [-0.39, 0.29) is 0 Å². The van der Waals surface area contributed by atoms with E-state index in [9.17, 15) is 9.90 Å². The molecule has 0 saturated heterocycles. The molecule has 2 aromatic rings. The van der Waals surface area contributed by atoms with Gasteiger partial charge in [0.15, 0.2) is 0 Å². The van der Waals surface area contributed by atoms with Crippen LogP contribution < -0.4 is 0 Å². The lowest BCUT2D eigenvalue weighted by atomic mass is 10.0. The number of benzene rings is 1. The average molecular weight is 282 g/mol. The van der Waals surface area contributed by atoms with Crippen LogP contribution in [0.2, 0.25) is 10.0 Å². The van der Waals surface area contributed by atoms with Crippen molar-refractivity contribution in [2.24, 2.45) is 0 Å². The Labute approximate surface area is 113 Å². The molecule has 0 atom stereocenters. The topological polar surface area (TPSA) is 50.2 Å². The number of nitrogens with zero attached hydrogens (tertiary/aromatic N) is 1. The monoisotopic (exact) mass is 281 g/mol. The molecule has 92 valence electrons. The number of carboxylic acid groups (broad SMARTS) is 1. The summed E-state index contributed by atoms with van der Waals surface area (Å²) in [5.41, 5.74) is 2.49. The van der Waals surface area contributed by atoms with Crippen LogP contribution in [0.1, 0.15) is 28.0 Å². The SMILES string of the molecule is O=C(O)c1c2c(nc3c(Cl)c(Cl)ccc13)CCC2. The molecular weight excluding hydrogens is 273 g/mol. The van der Waals surface area contributed by atoms with Crippen molar-refractivity contribution in [2.45, 2.75) is 19.3 Å². The second-order valence-electron chi connectivity index (χ2n) is 4.33. The number of halogens is 2. The Morgan fingerprint density at radius 2 is 2.06 bits per heavy atom. The number of aromatic nitrogens is 1. The minimum Gasteiger partial charge on any atom is -0.478 e. The highest BCUT2D eigenvalue weighted by molar-refractivity contribution is 6.45. The summed E-state index contributed by atoms with van der Waals surface area (Å²) in [6.07, 6.45) is 2.50. The molecule has 1 aliphatic carbocycles. The average Bonchev–Trinajstić information content (AvgIpc) is 2.79. The summed E-state index contributed by atoms with van der Waals surface area (Å²) in [5.74, 6) is -0.932. The number of aryl methyl sites for hydroxylation is 1. The largest absolute Gasteiger partial charge is 0.478 e. The number of pyridine rings is 1. The molecule has 0 fully saturated rings. The second-order valence-corrected chi connectivity index (χ2v) is 5.11. The first-order chi connectivity index (χ1) is 8.59. The van der Waals surface area contributed by atoms with Crippen molar-refractivity contribution in [3.05, 3.63) is 39.0 Å². The van der Waals surface area contributed by atoms with Crippen molar-refractivity contribution in [1.82, 2.24) is 4.98 Å². The predicted molar refractivity (Wildman–Crippen MR) is 70.7 cm³/mol. The molecule has 1 aromatic carbocycles. The smallest absolute Gasteiger partial charge is 0.336 e. The molecule has 0 unspecified atom stereocenters. The van der Waals surface area contributed by atoms with Gasteiger partial charge >= 0.3 is 5.97 Å². The van der Waals surface area contributed by atoms with E-state index in [1.54, 1.807) is 12.1 Å². The molecule has 3 rings (SSSR count). The fourth-order valence-corrected chi connectivity index (χ4v) is 2.87. The van der Waals surface area contributed by atoms with Gasteiger partial charge in [0, 0.05) is 11.1 Å². The van der Waals surface area contributed by atoms with Gasteiger partial charge in [0.2, 0.25) is 0 Å². The van der Waals surface area contributed by atoms with Crippen molar-refractivity contribution in [2.75, 3.05) is 0 Å². The van der Waals surface area contributed by atoms with Crippen LogP contribution >= 0.6 is 23.2 Å². The van der Waals surface area contributed by atoms with E-state index >= 15 is 0 Å². The van der Waals surface area contributed by atoms with Gasteiger partial charge in [-0.05, 0) is 30.9 Å². The van der Waals surface area contributed by atoms with E-state index in [0.717, 1.165) is 30.5 Å². The summed E-state index contributed by atoms with van der Waals surface area (Å²) >= 11 is 12.1. The summed E-state index contributed by atoms with van der Waals surface area (Å²) in [6, 6.07) is 3.29. The Hall–Kier alpha value is -1.32. The fraction of sp³-hybridized carbons (Fsp3) is 0.231. The number of hydrogen-bond donors (Lipinski definition) is 1. The third kappa shape index (κ3) is 1.58. The van der Waals surface area contributed by atoms with Crippen LogP contribution in [0.4, 0.5) is 0 Å². The molecule has 0 amide bonds. The molecule has 0 bridgehead atoms. The third-order valence-corrected chi connectivity index (χ3v) is 4.08. The Balaban J connectivity index is 2.49. The first-order valence-corrected chi connectivity index (χ1v) is 6.38. The van der Waals surface area contributed by atoms with E-state index in [2.05, 4.69) is 4.98 Å². The third-order valence-electron chi connectivity index (χ3n) is 3.29. The van der Waals surface area contributed by atoms with Crippen molar-refractivity contribution in [3.63, 3.8) is 0 Å². The van der Waals surface area contributed by atoms with E-state index in [4.69, 9.17) is 23.2 Å². The number of aromatic carboxylic acids is 1. The van der Waals surface area contributed by atoms with Crippen molar-refractivity contribution < 1.29 is 9.90 Å². The van der Waals surface area contributed by atoms with Crippen LogP contribution in [-0.2, 0) is 12.8 Å². The van der Waals surface area contributed by atoms with Gasteiger partial charge in [-0.25, -0.2) is 4.79 Å². The zero-order chi connectivity index (χ0) is 12.9. The number of carboxylic acids is 1. The predicted octanol–water partition coefficient (Wildman–Crippen LogP) is 3.73. The molecule has 0 saturated carbocycles. The summed E-state index contributed by atoms with van der Waals surface area (Å²) in [6.45, 7) is 0. The van der Waals surface area contributed by atoms with E-state index in [1.807, 2.05) is 0 Å². The summed E-state index contributed by atoms with van der Waals surface area (Å²) in [4.78, 5) is 15.9. The molecule has 1 heterocycles. The molecule has 18 heavy (non-hydrogen) atoms. The molecule has 0 radical (unpaired) electrons. The van der Waals surface area contributed by atoms with Crippen LogP contribution in [-0.4, -0.2) is 16.1 Å². The number of fused-ring (bicyclic) bond motifs is 2. The summed E-state index contributed by atoms with van der Waals surface area (Å²) < 4.78 is 0. The van der Waals surface area contributed by atoms with Gasteiger partial charge in [-0.15, -0.1) is 0 Å².